The summed E-state index contributed by atoms with van der Waals surface area (Å²) in [5, 5.41) is 10.9. The number of non-ortho nitro benzene ring substituents is 1. The summed E-state index contributed by atoms with van der Waals surface area (Å²) in [7, 11) is 0. The van der Waals surface area contributed by atoms with Crippen LogP contribution in [0.5, 0.6) is 0 Å². The minimum absolute atomic E-state index is 0.0562. The van der Waals surface area contributed by atoms with E-state index < -0.39 is 4.92 Å². The van der Waals surface area contributed by atoms with E-state index in [0.717, 1.165) is 0 Å². The van der Waals surface area contributed by atoms with Gasteiger partial charge in [0.1, 0.15) is 5.58 Å². The minimum atomic E-state index is -0.508. The number of hydrogen-bond donors (Lipinski definition) is 0. The molecule has 2 rings (SSSR count). The Labute approximate surface area is 78.1 Å². The molecule has 2 aromatic rings. The second-order valence-electron chi connectivity index (χ2n) is 2.71. The monoisotopic (exact) mass is 191 g/mol. The van der Waals surface area contributed by atoms with Crippen LogP contribution in [0.1, 0.15) is 10.6 Å². The lowest BCUT2D eigenvalue weighted by Crippen LogP contribution is -1.86. The molecule has 1 heterocycles. The minimum Gasteiger partial charge on any atom is -0.453 e. The maximum Gasteiger partial charge on any atom is 0.280 e. The highest BCUT2D eigenvalue weighted by Crippen LogP contribution is 2.27. The van der Waals surface area contributed by atoms with Crippen molar-refractivity contribution < 1.29 is 14.1 Å². The first-order valence-corrected chi connectivity index (χ1v) is 3.84. The molecule has 0 fully saturated rings. The van der Waals surface area contributed by atoms with Crippen molar-refractivity contribution in [1.29, 1.82) is 0 Å². The van der Waals surface area contributed by atoms with Gasteiger partial charge in [0, 0.05) is 12.1 Å². The fraction of sp³-hybridized carbons (Fsp3) is 0. The summed E-state index contributed by atoms with van der Waals surface area (Å²) < 4.78 is 5.04. The number of carbonyl (C=O) groups is 1. The van der Waals surface area contributed by atoms with E-state index in [0.29, 0.717) is 17.3 Å². The van der Waals surface area contributed by atoms with E-state index in [9.17, 15) is 14.9 Å². The molecule has 0 aliphatic heterocycles. The number of furan rings is 1. The van der Waals surface area contributed by atoms with Crippen LogP contribution in [0.4, 0.5) is 5.69 Å². The average Bonchev–Trinajstić information content (AvgIpc) is 2.59. The van der Waals surface area contributed by atoms with Crippen LogP contribution in [0, 0.1) is 10.1 Å². The van der Waals surface area contributed by atoms with E-state index in [4.69, 9.17) is 4.42 Å². The molecule has 0 amide bonds. The molecule has 0 saturated heterocycles. The first-order chi connectivity index (χ1) is 6.72. The predicted molar refractivity (Wildman–Crippen MR) is 48.3 cm³/mol. The average molecular weight is 191 g/mol. The van der Waals surface area contributed by atoms with E-state index in [1.165, 1.54) is 18.2 Å². The van der Waals surface area contributed by atoms with Gasteiger partial charge in [-0.1, -0.05) is 6.07 Å². The summed E-state index contributed by atoms with van der Waals surface area (Å²) in [6, 6.07) is 5.82. The van der Waals surface area contributed by atoms with Crippen LogP contribution < -0.4 is 0 Å². The molecule has 0 unspecified atom stereocenters. The Bertz CT molecular complexity index is 515. The van der Waals surface area contributed by atoms with Gasteiger partial charge in [-0.05, 0) is 6.07 Å². The Morgan fingerprint density at radius 2 is 2.21 bits per heavy atom. The molecule has 0 saturated carbocycles. The number of nitrogens with zero attached hydrogens (tertiary/aromatic N) is 1. The Morgan fingerprint density at radius 3 is 2.86 bits per heavy atom. The van der Waals surface area contributed by atoms with Crippen LogP contribution in [0.2, 0.25) is 0 Å². The number of hydrogen-bond acceptors (Lipinski definition) is 4. The number of fused-ring (bicyclic) bond motifs is 1. The van der Waals surface area contributed by atoms with Gasteiger partial charge in [0.15, 0.2) is 12.0 Å². The molecule has 0 radical (unpaired) electrons. The first kappa shape index (κ1) is 8.43. The van der Waals surface area contributed by atoms with Crippen LogP contribution in [0.3, 0.4) is 0 Å². The Morgan fingerprint density at radius 1 is 1.43 bits per heavy atom. The van der Waals surface area contributed by atoms with Crippen LogP contribution in [0.25, 0.3) is 11.0 Å². The van der Waals surface area contributed by atoms with Gasteiger partial charge in [-0.3, -0.25) is 14.9 Å². The molecular formula is C9H5NO4. The summed E-state index contributed by atoms with van der Waals surface area (Å²) in [5.74, 6) is 0.0919. The largest absolute Gasteiger partial charge is 0.453 e. The van der Waals surface area contributed by atoms with Crippen molar-refractivity contribution in [2.75, 3.05) is 0 Å². The van der Waals surface area contributed by atoms with Gasteiger partial charge in [0.05, 0.1) is 10.3 Å². The molecule has 0 N–H and O–H groups in total. The summed E-state index contributed by atoms with van der Waals surface area (Å²) in [6.45, 7) is 0. The SMILES string of the molecule is O=Cc1cc2c([N+](=O)[O-])cccc2o1. The van der Waals surface area contributed by atoms with Crippen LogP contribution in [0.15, 0.2) is 28.7 Å². The summed E-state index contributed by atoms with van der Waals surface area (Å²) in [4.78, 5) is 20.5. The lowest BCUT2D eigenvalue weighted by molar-refractivity contribution is -0.383. The molecular weight excluding hydrogens is 186 g/mol. The fourth-order valence-electron chi connectivity index (χ4n) is 1.28. The van der Waals surface area contributed by atoms with Gasteiger partial charge in [0.2, 0.25) is 0 Å². The quantitative estimate of drug-likeness (QED) is 0.414. The number of benzene rings is 1. The molecule has 0 bridgehead atoms. The maximum absolute atomic E-state index is 10.6. The second-order valence-corrected chi connectivity index (χ2v) is 2.71. The predicted octanol–water partition coefficient (Wildman–Crippen LogP) is 2.15. The molecule has 0 aliphatic carbocycles. The van der Waals surface area contributed by atoms with Crippen molar-refractivity contribution in [3.8, 4) is 0 Å². The normalized spacial score (nSPS) is 10.3. The number of carbonyl (C=O) groups excluding carboxylic acids is 1. The number of nitro groups is 1. The maximum atomic E-state index is 10.6. The van der Waals surface area contributed by atoms with Gasteiger partial charge >= 0.3 is 0 Å². The van der Waals surface area contributed by atoms with Crippen molar-refractivity contribution in [3.63, 3.8) is 0 Å². The molecule has 1 aromatic heterocycles. The van der Waals surface area contributed by atoms with E-state index in [-0.39, 0.29) is 11.4 Å². The highest BCUT2D eigenvalue weighted by molar-refractivity contribution is 5.91. The van der Waals surface area contributed by atoms with E-state index in [1.54, 1.807) is 6.07 Å². The molecule has 70 valence electrons. The summed E-state index contributed by atoms with van der Waals surface area (Å²) in [6.07, 6.45) is 0.518. The zero-order valence-corrected chi connectivity index (χ0v) is 6.97. The zero-order chi connectivity index (χ0) is 10.1. The van der Waals surface area contributed by atoms with Gasteiger partial charge in [-0.25, -0.2) is 0 Å². The van der Waals surface area contributed by atoms with Crippen molar-refractivity contribution in [2.45, 2.75) is 0 Å². The number of aldehydes is 1. The molecule has 5 heteroatoms. The topological polar surface area (TPSA) is 73.3 Å². The van der Waals surface area contributed by atoms with Crippen molar-refractivity contribution in [1.82, 2.24) is 0 Å². The van der Waals surface area contributed by atoms with Gasteiger partial charge < -0.3 is 4.42 Å². The third kappa shape index (κ3) is 1.15. The zero-order valence-electron chi connectivity index (χ0n) is 6.97. The third-order valence-electron chi connectivity index (χ3n) is 1.87. The van der Waals surface area contributed by atoms with Crippen molar-refractivity contribution >= 4 is 22.9 Å². The highest BCUT2D eigenvalue weighted by Gasteiger charge is 2.14. The molecule has 14 heavy (non-hydrogen) atoms. The molecule has 1 aromatic carbocycles. The van der Waals surface area contributed by atoms with Crippen molar-refractivity contribution in [2.24, 2.45) is 0 Å². The first-order valence-electron chi connectivity index (χ1n) is 3.84. The van der Waals surface area contributed by atoms with E-state index in [2.05, 4.69) is 0 Å². The third-order valence-corrected chi connectivity index (χ3v) is 1.87. The van der Waals surface area contributed by atoms with E-state index >= 15 is 0 Å². The van der Waals surface area contributed by atoms with Gasteiger partial charge in [-0.15, -0.1) is 0 Å². The van der Waals surface area contributed by atoms with Gasteiger partial charge in [0.25, 0.3) is 5.69 Å². The Balaban J connectivity index is 2.79. The van der Waals surface area contributed by atoms with Crippen LogP contribution in [-0.2, 0) is 0 Å². The molecule has 5 nitrogen and oxygen atoms in total. The lowest BCUT2D eigenvalue weighted by atomic mass is 10.2. The Kier molecular flexibility index (Phi) is 1.78. The molecule has 0 spiro atoms. The smallest absolute Gasteiger partial charge is 0.280 e. The fourth-order valence-corrected chi connectivity index (χ4v) is 1.28. The lowest BCUT2D eigenvalue weighted by Gasteiger charge is -1.90. The molecule has 0 atom stereocenters. The second kappa shape index (κ2) is 2.95. The van der Waals surface area contributed by atoms with E-state index in [1.807, 2.05) is 0 Å². The standard InChI is InChI=1S/C9H5NO4/c11-5-6-4-7-8(10(12)13)2-1-3-9(7)14-6/h1-5H. The van der Waals surface area contributed by atoms with Crippen LogP contribution in [-0.4, -0.2) is 11.2 Å². The molecule has 0 aliphatic rings. The number of rotatable bonds is 2. The van der Waals surface area contributed by atoms with Crippen LogP contribution >= 0.6 is 0 Å². The number of nitro benzene ring substituents is 1. The van der Waals surface area contributed by atoms with Gasteiger partial charge in [-0.2, -0.15) is 0 Å². The van der Waals surface area contributed by atoms with Crippen molar-refractivity contribution in [3.05, 3.63) is 40.1 Å². The summed E-state index contributed by atoms with van der Waals surface area (Å²) in [5.41, 5.74) is 0.292. The Hall–Kier alpha value is -2.17. The summed E-state index contributed by atoms with van der Waals surface area (Å²) >= 11 is 0. The highest BCUT2D eigenvalue weighted by atomic mass is 16.6.